The van der Waals surface area contributed by atoms with Crippen LogP contribution in [0.3, 0.4) is 0 Å². The summed E-state index contributed by atoms with van der Waals surface area (Å²) in [5, 5.41) is 16.9. The van der Waals surface area contributed by atoms with Gasteiger partial charge in [-0.2, -0.15) is 4.98 Å². The summed E-state index contributed by atoms with van der Waals surface area (Å²) in [6, 6.07) is 8.06. The van der Waals surface area contributed by atoms with Crippen LogP contribution in [0.1, 0.15) is 45.1 Å². The predicted octanol–water partition coefficient (Wildman–Crippen LogP) is 4.39. The van der Waals surface area contributed by atoms with Crippen LogP contribution in [-0.2, 0) is 11.0 Å². The molecular weight excluding hydrogens is 573 g/mol. The number of aromatic amines is 1. The maximum Gasteiger partial charge on any atom is 0.439 e. The monoisotopic (exact) mass is 603 g/mol. The molecule has 0 bridgehead atoms. The van der Waals surface area contributed by atoms with Crippen molar-refractivity contribution in [2.45, 2.75) is 56.5 Å². The maximum absolute atomic E-state index is 11.6. The first-order chi connectivity index (χ1) is 17.4. The quantitative estimate of drug-likeness (QED) is 0.200. The number of rotatable bonds is 8. The largest absolute Gasteiger partial charge is 0.439 e. The molecule has 1 aliphatic rings. The van der Waals surface area contributed by atoms with Crippen LogP contribution in [0.5, 0.6) is 0 Å². The Morgan fingerprint density at radius 2 is 2.06 bits per heavy atom. The van der Waals surface area contributed by atoms with Gasteiger partial charge in [0.15, 0.2) is 5.65 Å². The second-order valence-electron chi connectivity index (χ2n) is 9.75. The molecule has 0 unspecified atom stereocenters. The molecule has 10 nitrogen and oxygen atoms in total. The van der Waals surface area contributed by atoms with Crippen LogP contribution in [0.4, 0.5) is 5.95 Å². The van der Waals surface area contributed by atoms with Gasteiger partial charge < -0.3 is 15.0 Å². The highest BCUT2D eigenvalue weighted by atomic mass is 127. The minimum absolute atomic E-state index is 0.0220. The third-order valence-corrected chi connectivity index (χ3v) is 7.72. The van der Waals surface area contributed by atoms with Crippen LogP contribution in [-0.4, -0.2) is 47.4 Å². The van der Waals surface area contributed by atoms with E-state index >= 15 is 0 Å². The van der Waals surface area contributed by atoms with E-state index in [1.807, 2.05) is 19.1 Å². The van der Waals surface area contributed by atoms with E-state index in [1.165, 1.54) is 18.4 Å². The van der Waals surface area contributed by atoms with Gasteiger partial charge in [-0.3, -0.25) is 9.51 Å². The van der Waals surface area contributed by atoms with Crippen molar-refractivity contribution in [3.8, 4) is 22.9 Å². The van der Waals surface area contributed by atoms with Crippen molar-refractivity contribution in [3.63, 3.8) is 0 Å². The van der Waals surface area contributed by atoms with Crippen molar-refractivity contribution in [1.82, 2.24) is 29.7 Å². The first-order valence-electron chi connectivity index (χ1n) is 12.3. The molecule has 1 aliphatic carbocycles. The number of nitrogens with zero attached hydrogens (tertiary/aromatic N) is 5. The first kappa shape index (κ1) is 24.9. The molecule has 1 fully saturated rings. The van der Waals surface area contributed by atoms with Crippen LogP contribution in [0.15, 0.2) is 33.6 Å². The Balaban J connectivity index is 1.72. The van der Waals surface area contributed by atoms with Gasteiger partial charge in [0.1, 0.15) is 11.2 Å². The van der Waals surface area contributed by atoms with Gasteiger partial charge in [-0.25, -0.2) is 14.8 Å². The molecule has 0 amide bonds. The topological polar surface area (TPSA) is 135 Å². The SMILES string of the molecule is C[C@H](CO)Nc1nc2nc(-c3noc(=O)[nH]3)nc(-c3cccc(CI)c3)c2n1C[C@H]1CC[C@H](C)CC1. The average molecular weight is 603 g/mol. The average Bonchev–Trinajstić information content (AvgIpc) is 3.48. The van der Waals surface area contributed by atoms with Gasteiger partial charge in [0.05, 0.1) is 6.61 Å². The number of alkyl halides is 1. The van der Waals surface area contributed by atoms with Crippen LogP contribution in [0.2, 0.25) is 0 Å². The van der Waals surface area contributed by atoms with Crippen molar-refractivity contribution in [2.24, 2.45) is 11.8 Å². The molecule has 0 spiro atoms. The van der Waals surface area contributed by atoms with Gasteiger partial charge >= 0.3 is 5.76 Å². The molecule has 3 aromatic heterocycles. The third-order valence-electron chi connectivity index (χ3n) is 6.84. The summed E-state index contributed by atoms with van der Waals surface area (Å²) in [7, 11) is 0. The molecule has 36 heavy (non-hydrogen) atoms. The molecule has 3 heterocycles. The fourth-order valence-electron chi connectivity index (χ4n) is 4.80. The van der Waals surface area contributed by atoms with Crippen molar-refractivity contribution in [3.05, 3.63) is 40.4 Å². The fourth-order valence-corrected chi connectivity index (χ4v) is 5.27. The Labute approximate surface area is 222 Å². The van der Waals surface area contributed by atoms with Crippen molar-refractivity contribution in [1.29, 1.82) is 0 Å². The molecule has 5 rings (SSSR count). The van der Waals surface area contributed by atoms with Gasteiger partial charge in [-0.15, -0.1) is 0 Å². The molecule has 1 atom stereocenters. The molecule has 3 N–H and O–H groups in total. The molecule has 4 aromatic rings. The number of halogens is 1. The fraction of sp³-hybridized carbons (Fsp3) is 0.480. The number of aromatic nitrogens is 6. The standard InChI is InChI=1S/C25H30IN7O3/c1-14-6-8-16(9-7-14)12-33-20-19(18-5-3-4-17(10-18)11-26)28-22(23-31-25(35)36-32-23)29-21(20)30-24(33)27-15(2)13-34/h3-5,10,14-16,34H,6-9,11-13H2,1-2H3,(H,31,32,35)(H,27,28,29,30)/t14-,15-,16-/m1/s1. The number of anilines is 1. The van der Waals surface area contributed by atoms with E-state index in [-0.39, 0.29) is 24.3 Å². The van der Waals surface area contributed by atoms with Gasteiger partial charge in [-0.1, -0.05) is 65.7 Å². The minimum atomic E-state index is -0.668. The minimum Gasteiger partial charge on any atom is -0.394 e. The lowest BCUT2D eigenvalue weighted by Crippen LogP contribution is -2.24. The Kier molecular flexibility index (Phi) is 7.37. The summed E-state index contributed by atoms with van der Waals surface area (Å²) in [6.07, 6.45) is 4.76. The lowest BCUT2D eigenvalue weighted by atomic mass is 9.83. The number of aliphatic hydroxyl groups excluding tert-OH is 1. The number of hydrogen-bond donors (Lipinski definition) is 3. The normalized spacial score (nSPS) is 19.0. The highest BCUT2D eigenvalue weighted by Crippen LogP contribution is 2.35. The van der Waals surface area contributed by atoms with Crippen LogP contribution >= 0.6 is 22.6 Å². The molecule has 190 valence electrons. The molecule has 0 radical (unpaired) electrons. The second kappa shape index (κ2) is 10.7. The predicted molar refractivity (Wildman–Crippen MR) is 146 cm³/mol. The first-order valence-corrected chi connectivity index (χ1v) is 13.8. The lowest BCUT2D eigenvalue weighted by molar-refractivity contribution is 0.265. The van der Waals surface area contributed by atoms with Crippen LogP contribution < -0.4 is 11.1 Å². The van der Waals surface area contributed by atoms with E-state index < -0.39 is 5.76 Å². The number of imidazole rings is 1. The number of hydrogen-bond acceptors (Lipinski definition) is 8. The van der Waals surface area contributed by atoms with E-state index in [0.29, 0.717) is 23.2 Å². The lowest BCUT2D eigenvalue weighted by Gasteiger charge is -2.27. The van der Waals surface area contributed by atoms with E-state index in [4.69, 9.17) is 14.5 Å². The second-order valence-corrected chi connectivity index (χ2v) is 10.5. The maximum atomic E-state index is 11.6. The third kappa shape index (κ3) is 5.17. The number of H-pyrrole nitrogens is 1. The summed E-state index contributed by atoms with van der Waals surface area (Å²) >= 11 is 2.35. The van der Waals surface area contributed by atoms with Crippen LogP contribution in [0, 0.1) is 11.8 Å². The Morgan fingerprint density at radius 1 is 1.25 bits per heavy atom. The Bertz CT molecular complexity index is 1400. The molecule has 0 saturated heterocycles. The van der Waals surface area contributed by atoms with E-state index in [1.54, 1.807) is 0 Å². The van der Waals surface area contributed by atoms with Crippen LogP contribution in [0.25, 0.3) is 34.1 Å². The zero-order chi connectivity index (χ0) is 25.2. The van der Waals surface area contributed by atoms with Gasteiger partial charge in [-0.05, 0) is 43.2 Å². The summed E-state index contributed by atoms with van der Waals surface area (Å²) in [5.41, 5.74) is 4.14. The number of nitrogens with one attached hydrogen (secondary N) is 2. The molecule has 1 saturated carbocycles. The van der Waals surface area contributed by atoms with Crippen molar-refractivity contribution >= 4 is 39.7 Å². The Morgan fingerprint density at radius 3 is 2.75 bits per heavy atom. The summed E-state index contributed by atoms with van der Waals surface area (Å²) in [6.45, 7) is 4.99. The number of aliphatic hydroxyl groups is 1. The van der Waals surface area contributed by atoms with Gasteiger partial charge in [0, 0.05) is 22.6 Å². The molecule has 11 heteroatoms. The highest BCUT2D eigenvalue weighted by molar-refractivity contribution is 14.1. The van der Waals surface area contributed by atoms with E-state index in [9.17, 15) is 9.90 Å². The molecular formula is C25H30IN7O3. The van der Waals surface area contributed by atoms with E-state index in [2.05, 4.69) is 66.7 Å². The van der Waals surface area contributed by atoms with Crippen molar-refractivity contribution in [2.75, 3.05) is 11.9 Å². The Hall–Kier alpha value is -2.80. The smallest absolute Gasteiger partial charge is 0.394 e. The summed E-state index contributed by atoms with van der Waals surface area (Å²) < 4.78 is 7.75. The number of fused-ring (bicyclic) bond motifs is 1. The molecule has 0 aliphatic heterocycles. The van der Waals surface area contributed by atoms with Gasteiger partial charge in [0.2, 0.25) is 17.6 Å². The zero-order valence-electron chi connectivity index (χ0n) is 20.4. The zero-order valence-corrected chi connectivity index (χ0v) is 22.5. The summed E-state index contributed by atoms with van der Waals surface area (Å²) in [5.74, 6) is 1.65. The van der Waals surface area contributed by atoms with Gasteiger partial charge in [0.25, 0.3) is 0 Å². The van der Waals surface area contributed by atoms with Crippen molar-refractivity contribution < 1.29 is 9.63 Å². The number of benzene rings is 1. The molecule has 1 aromatic carbocycles. The summed E-state index contributed by atoms with van der Waals surface area (Å²) in [4.78, 5) is 28.5. The van der Waals surface area contributed by atoms with E-state index in [0.717, 1.165) is 40.8 Å². The highest BCUT2D eigenvalue weighted by Gasteiger charge is 2.26.